The van der Waals surface area contributed by atoms with Crippen molar-refractivity contribution in [1.29, 1.82) is 0 Å². The summed E-state index contributed by atoms with van der Waals surface area (Å²) in [7, 11) is 1.38. The molecule has 1 aliphatic heterocycles. The maximum Gasteiger partial charge on any atom is 0.336 e. The zero-order valence-corrected chi connectivity index (χ0v) is 22.8. The van der Waals surface area contributed by atoms with Gasteiger partial charge in [0.25, 0.3) is 0 Å². The highest BCUT2D eigenvalue weighted by Gasteiger charge is 2.43. The normalized spacial score (nSPS) is 19.3. The Kier molecular flexibility index (Phi) is 6.96. The first-order valence-corrected chi connectivity index (χ1v) is 12.6. The molecular weight excluding hydrogens is 506 g/mol. The molecule has 6 heteroatoms. The molecule has 0 saturated heterocycles. The number of carbonyl (C=O) groups excluding carboxylic acids is 2. The Morgan fingerprint density at radius 1 is 1.09 bits per heavy atom. The van der Waals surface area contributed by atoms with Crippen LogP contribution in [0.5, 0.6) is 5.75 Å². The molecule has 2 aliphatic rings. The Bertz CT molecular complexity index is 1250. The van der Waals surface area contributed by atoms with E-state index in [1.54, 1.807) is 0 Å². The second-order valence-electron chi connectivity index (χ2n) is 10.3. The Balaban J connectivity index is 1.81. The first-order valence-electron chi connectivity index (χ1n) is 11.8. The molecule has 0 radical (unpaired) electrons. The van der Waals surface area contributed by atoms with Crippen molar-refractivity contribution in [3.8, 4) is 5.75 Å². The molecule has 35 heavy (non-hydrogen) atoms. The van der Waals surface area contributed by atoms with Crippen molar-refractivity contribution in [2.75, 3.05) is 7.11 Å². The van der Waals surface area contributed by atoms with Gasteiger partial charge in [-0.3, -0.25) is 4.79 Å². The van der Waals surface area contributed by atoms with Gasteiger partial charge in [-0.15, -0.1) is 0 Å². The molecule has 1 N–H and O–H groups in total. The molecule has 2 aromatic carbocycles. The highest BCUT2D eigenvalue weighted by molar-refractivity contribution is 9.10. The minimum atomic E-state index is -0.477. The van der Waals surface area contributed by atoms with Crippen LogP contribution in [0.3, 0.4) is 0 Å². The maximum absolute atomic E-state index is 13.5. The standard InChI is InChI=1S/C29H32BrNO4/c1-16-11-17(2)22(12-19(16)15-35-21-9-7-20(30)8-10-21)26-25(28(33)34-6)18(3)31-23-13-29(4,5)14-24(32)27(23)26/h7-12,26,31H,13-15H2,1-6H3/t26-/m0/s1. The second kappa shape index (κ2) is 9.65. The van der Waals surface area contributed by atoms with Crippen LogP contribution in [0.15, 0.2) is 63.4 Å². The molecule has 0 spiro atoms. The number of allylic oxidation sites excluding steroid dienone is 3. The molecular formula is C29H32BrNO4. The van der Waals surface area contributed by atoms with Crippen molar-refractivity contribution in [2.24, 2.45) is 5.41 Å². The smallest absolute Gasteiger partial charge is 0.336 e. The first-order chi connectivity index (χ1) is 16.5. The summed E-state index contributed by atoms with van der Waals surface area (Å²) in [5.74, 6) is -0.0429. The van der Waals surface area contributed by atoms with Gasteiger partial charge < -0.3 is 14.8 Å². The largest absolute Gasteiger partial charge is 0.489 e. The number of hydrogen-bond acceptors (Lipinski definition) is 5. The average molecular weight is 538 g/mol. The van der Waals surface area contributed by atoms with E-state index in [9.17, 15) is 9.59 Å². The number of methoxy groups -OCH3 is 1. The number of Topliss-reactive ketones (excluding diaryl/α,β-unsaturated/α-hetero) is 1. The van der Waals surface area contributed by atoms with Gasteiger partial charge in [0.2, 0.25) is 0 Å². The highest BCUT2D eigenvalue weighted by Crippen LogP contribution is 2.47. The van der Waals surface area contributed by atoms with E-state index < -0.39 is 11.9 Å². The number of esters is 1. The summed E-state index contributed by atoms with van der Waals surface area (Å²) in [6.45, 7) is 10.6. The molecule has 0 amide bonds. The van der Waals surface area contributed by atoms with Crippen LogP contribution in [0.2, 0.25) is 0 Å². The Labute approximate surface area is 215 Å². The minimum Gasteiger partial charge on any atom is -0.489 e. The molecule has 1 heterocycles. The van der Waals surface area contributed by atoms with Crippen molar-refractivity contribution < 1.29 is 19.1 Å². The number of halogens is 1. The van der Waals surface area contributed by atoms with Gasteiger partial charge in [0, 0.05) is 33.8 Å². The molecule has 1 atom stereocenters. The average Bonchev–Trinajstić information content (AvgIpc) is 2.77. The van der Waals surface area contributed by atoms with Crippen molar-refractivity contribution in [3.05, 3.63) is 85.7 Å². The quantitative estimate of drug-likeness (QED) is 0.445. The van der Waals surface area contributed by atoms with Gasteiger partial charge in [0.1, 0.15) is 12.4 Å². The number of aryl methyl sites for hydroxylation is 2. The predicted octanol–water partition coefficient (Wildman–Crippen LogP) is 6.42. The van der Waals surface area contributed by atoms with Crippen LogP contribution in [0.4, 0.5) is 0 Å². The number of hydrogen-bond donors (Lipinski definition) is 1. The fraction of sp³-hybridized carbons (Fsp3) is 0.379. The molecule has 5 nitrogen and oxygen atoms in total. The van der Waals surface area contributed by atoms with Crippen LogP contribution in [-0.2, 0) is 20.9 Å². The third-order valence-electron chi connectivity index (χ3n) is 6.89. The van der Waals surface area contributed by atoms with Crippen LogP contribution in [0.1, 0.15) is 61.8 Å². The summed E-state index contributed by atoms with van der Waals surface area (Å²) in [5, 5.41) is 3.38. The molecule has 0 saturated carbocycles. The van der Waals surface area contributed by atoms with Crippen molar-refractivity contribution >= 4 is 27.7 Å². The van der Waals surface area contributed by atoms with Crippen molar-refractivity contribution in [1.82, 2.24) is 5.32 Å². The fourth-order valence-corrected chi connectivity index (χ4v) is 5.47. The topological polar surface area (TPSA) is 64.6 Å². The van der Waals surface area contributed by atoms with Gasteiger partial charge in [0.05, 0.1) is 12.7 Å². The lowest BCUT2D eigenvalue weighted by Crippen LogP contribution is -2.38. The predicted molar refractivity (Wildman–Crippen MR) is 140 cm³/mol. The van der Waals surface area contributed by atoms with Crippen LogP contribution in [0, 0.1) is 19.3 Å². The van der Waals surface area contributed by atoms with Crippen molar-refractivity contribution in [3.63, 3.8) is 0 Å². The van der Waals surface area contributed by atoms with E-state index in [1.807, 2.05) is 38.1 Å². The molecule has 4 rings (SSSR count). The minimum absolute atomic E-state index is 0.0790. The monoisotopic (exact) mass is 537 g/mol. The maximum atomic E-state index is 13.5. The van der Waals surface area contributed by atoms with Crippen LogP contribution >= 0.6 is 15.9 Å². The zero-order valence-electron chi connectivity index (χ0n) is 21.2. The van der Waals surface area contributed by atoms with Crippen LogP contribution in [-0.4, -0.2) is 18.9 Å². The summed E-state index contributed by atoms with van der Waals surface area (Å²) in [5.41, 5.74) is 6.76. The highest BCUT2D eigenvalue weighted by atomic mass is 79.9. The van der Waals surface area contributed by atoms with Crippen LogP contribution in [0.25, 0.3) is 0 Å². The molecule has 2 aromatic rings. The number of dihydropyridines is 1. The van der Waals surface area contributed by atoms with Crippen LogP contribution < -0.4 is 10.1 Å². The van der Waals surface area contributed by atoms with E-state index in [-0.39, 0.29) is 11.2 Å². The first kappa shape index (κ1) is 25.2. The molecule has 0 unspecified atom stereocenters. The van der Waals surface area contributed by atoms with Gasteiger partial charge >= 0.3 is 5.97 Å². The summed E-state index contributed by atoms with van der Waals surface area (Å²) >= 11 is 3.45. The Morgan fingerprint density at radius 3 is 2.43 bits per heavy atom. The Hall–Kier alpha value is -2.86. The number of carbonyl (C=O) groups is 2. The summed E-state index contributed by atoms with van der Waals surface area (Å²) in [6, 6.07) is 11.9. The third-order valence-corrected chi connectivity index (χ3v) is 7.42. The molecule has 184 valence electrons. The lowest BCUT2D eigenvalue weighted by atomic mass is 9.68. The SMILES string of the molecule is COC(=O)C1=C(C)NC2=C(C(=O)CC(C)(C)C2)[C@H]1c1cc(COc2ccc(Br)cc2)c(C)cc1C. The Morgan fingerprint density at radius 2 is 1.77 bits per heavy atom. The van der Waals surface area contributed by atoms with Gasteiger partial charge in [-0.05, 0) is 79.1 Å². The number of nitrogens with one attached hydrogen (secondary N) is 1. The summed E-state index contributed by atoms with van der Waals surface area (Å²) < 4.78 is 12.2. The van der Waals surface area contributed by atoms with E-state index in [2.05, 4.69) is 54.2 Å². The number of rotatable bonds is 5. The van der Waals surface area contributed by atoms with E-state index in [0.29, 0.717) is 24.2 Å². The van der Waals surface area contributed by atoms with E-state index in [4.69, 9.17) is 9.47 Å². The number of ether oxygens (including phenoxy) is 2. The molecule has 0 bridgehead atoms. The third kappa shape index (κ3) is 5.08. The fourth-order valence-electron chi connectivity index (χ4n) is 5.20. The second-order valence-corrected chi connectivity index (χ2v) is 11.2. The van der Waals surface area contributed by atoms with Gasteiger partial charge in [-0.1, -0.05) is 41.9 Å². The van der Waals surface area contributed by atoms with Gasteiger partial charge in [-0.25, -0.2) is 4.79 Å². The van der Waals surface area contributed by atoms with Gasteiger partial charge in [0.15, 0.2) is 5.78 Å². The zero-order chi connectivity index (χ0) is 25.5. The summed E-state index contributed by atoms with van der Waals surface area (Å²) in [6.07, 6.45) is 1.20. The lowest BCUT2D eigenvalue weighted by Gasteiger charge is -2.39. The number of benzene rings is 2. The number of ketones is 1. The van der Waals surface area contributed by atoms with Gasteiger partial charge in [-0.2, -0.15) is 0 Å². The van der Waals surface area contributed by atoms with Crippen molar-refractivity contribution in [2.45, 2.75) is 60.0 Å². The van der Waals surface area contributed by atoms with E-state index >= 15 is 0 Å². The molecule has 0 aromatic heterocycles. The lowest BCUT2D eigenvalue weighted by molar-refractivity contribution is -0.136. The molecule has 1 aliphatic carbocycles. The van der Waals surface area contributed by atoms with E-state index in [0.717, 1.165) is 50.3 Å². The molecule has 0 fully saturated rings. The summed E-state index contributed by atoms with van der Waals surface area (Å²) in [4.78, 5) is 26.5. The van der Waals surface area contributed by atoms with E-state index in [1.165, 1.54) is 7.11 Å².